The van der Waals surface area contributed by atoms with Crippen molar-refractivity contribution in [2.45, 2.75) is 64.2 Å². The summed E-state index contributed by atoms with van der Waals surface area (Å²) in [5, 5.41) is 0. The molecule has 0 aromatic heterocycles. The van der Waals surface area contributed by atoms with E-state index in [9.17, 15) is 0 Å². The largest absolute Gasteiger partial charge is 0.206 e. The van der Waals surface area contributed by atoms with E-state index in [4.69, 9.17) is 0 Å². The van der Waals surface area contributed by atoms with E-state index >= 15 is 8.78 Å². The molecule has 0 radical (unpaired) electrons. The minimum atomic E-state index is -0.436. The monoisotopic (exact) mass is 420 g/mol. The topological polar surface area (TPSA) is 0 Å². The third kappa shape index (κ3) is 5.00. The molecule has 0 spiro atoms. The lowest BCUT2D eigenvalue weighted by molar-refractivity contribution is 0.133. The van der Waals surface area contributed by atoms with Crippen LogP contribution in [0.5, 0.6) is 0 Å². The fourth-order valence-corrected chi connectivity index (χ4v) is 5.80. The van der Waals surface area contributed by atoms with Crippen LogP contribution in [0.4, 0.5) is 8.78 Å². The van der Waals surface area contributed by atoms with E-state index in [0.717, 1.165) is 37.2 Å². The van der Waals surface area contributed by atoms with Crippen LogP contribution in [0.3, 0.4) is 0 Å². The minimum absolute atomic E-state index is 0.101. The van der Waals surface area contributed by atoms with Gasteiger partial charge >= 0.3 is 0 Å². The summed E-state index contributed by atoms with van der Waals surface area (Å²) in [4.78, 5) is 0. The van der Waals surface area contributed by atoms with Crippen molar-refractivity contribution in [2.24, 2.45) is 17.8 Å². The summed E-state index contributed by atoms with van der Waals surface area (Å²) < 4.78 is 30.1. The van der Waals surface area contributed by atoms with E-state index in [0.29, 0.717) is 17.4 Å². The number of halogens is 2. The third-order valence-electron chi connectivity index (χ3n) is 7.60. The molecule has 4 rings (SSSR count). The SMILES string of the molecule is C=CC1CCC2CC(c3cc(F)c(-c4ccc(CC/C=C/C)cc4)c(F)c3)CCC2C1. The Bertz CT molecular complexity index is 901. The summed E-state index contributed by atoms with van der Waals surface area (Å²) in [6, 6.07) is 10.8. The Labute approximate surface area is 186 Å². The van der Waals surface area contributed by atoms with Gasteiger partial charge in [-0.2, -0.15) is 0 Å². The molecule has 0 bridgehead atoms. The maximum atomic E-state index is 15.1. The predicted molar refractivity (Wildman–Crippen MR) is 126 cm³/mol. The van der Waals surface area contributed by atoms with E-state index < -0.39 is 11.6 Å². The molecule has 164 valence electrons. The second-order valence-corrected chi connectivity index (χ2v) is 9.50. The Morgan fingerprint density at radius 3 is 2.29 bits per heavy atom. The van der Waals surface area contributed by atoms with Gasteiger partial charge in [0.15, 0.2) is 0 Å². The van der Waals surface area contributed by atoms with Gasteiger partial charge in [-0.1, -0.05) is 42.5 Å². The standard InChI is InChI=1S/C29H34F2/c1-3-5-6-7-21-9-11-22(12-10-21)29-27(30)18-26(19-28(29)31)25-15-14-23-16-20(4-2)8-13-24(23)17-25/h3-5,9-12,18-20,23-25H,2,6-8,13-17H2,1H3/b5-3+. The number of allylic oxidation sites excluding steroid dienone is 3. The van der Waals surface area contributed by atoms with E-state index in [1.54, 1.807) is 12.1 Å². The molecule has 0 amide bonds. The molecular weight excluding hydrogens is 386 g/mol. The summed E-state index contributed by atoms with van der Waals surface area (Å²) in [5.74, 6) is 1.50. The summed E-state index contributed by atoms with van der Waals surface area (Å²) in [6.45, 7) is 5.98. The fraction of sp³-hybridized carbons (Fsp3) is 0.448. The van der Waals surface area contributed by atoms with Crippen molar-refractivity contribution < 1.29 is 8.78 Å². The van der Waals surface area contributed by atoms with Crippen LogP contribution in [0, 0.1) is 29.4 Å². The zero-order valence-electron chi connectivity index (χ0n) is 18.6. The molecule has 2 aliphatic carbocycles. The van der Waals surface area contributed by atoms with Crippen molar-refractivity contribution in [3.8, 4) is 11.1 Å². The van der Waals surface area contributed by atoms with Crippen molar-refractivity contribution >= 4 is 0 Å². The molecule has 2 heteroatoms. The van der Waals surface area contributed by atoms with Crippen LogP contribution in [0.25, 0.3) is 11.1 Å². The lowest BCUT2D eigenvalue weighted by Gasteiger charge is -2.41. The van der Waals surface area contributed by atoms with Gasteiger partial charge < -0.3 is 0 Å². The van der Waals surface area contributed by atoms with E-state index in [1.165, 1.54) is 31.2 Å². The number of rotatable bonds is 6. The van der Waals surface area contributed by atoms with Crippen LogP contribution < -0.4 is 0 Å². The first-order valence-corrected chi connectivity index (χ1v) is 11.9. The Morgan fingerprint density at radius 2 is 1.61 bits per heavy atom. The number of benzene rings is 2. The molecule has 0 saturated heterocycles. The first-order chi connectivity index (χ1) is 15.1. The molecule has 4 atom stereocenters. The van der Waals surface area contributed by atoms with Crippen LogP contribution in [0.1, 0.15) is 68.9 Å². The summed E-state index contributed by atoms with van der Waals surface area (Å²) >= 11 is 0. The first kappa shape index (κ1) is 22.0. The molecule has 2 aromatic rings. The minimum Gasteiger partial charge on any atom is -0.206 e. The van der Waals surface area contributed by atoms with Crippen molar-refractivity contribution in [1.29, 1.82) is 0 Å². The first-order valence-electron chi connectivity index (χ1n) is 11.9. The van der Waals surface area contributed by atoms with Gasteiger partial charge in [-0.3, -0.25) is 0 Å². The number of aryl methyl sites for hydroxylation is 1. The van der Waals surface area contributed by atoms with Gasteiger partial charge in [-0.15, -0.1) is 6.58 Å². The highest BCUT2D eigenvalue weighted by atomic mass is 19.1. The molecule has 31 heavy (non-hydrogen) atoms. The normalized spacial score (nSPS) is 26.0. The van der Waals surface area contributed by atoms with Crippen molar-refractivity contribution in [2.75, 3.05) is 0 Å². The molecule has 0 N–H and O–H groups in total. The van der Waals surface area contributed by atoms with Gasteiger partial charge in [0.1, 0.15) is 11.6 Å². The smallest absolute Gasteiger partial charge is 0.134 e. The Kier molecular flexibility index (Phi) is 7.05. The van der Waals surface area contributed by atoms with Gasteiger partial charge in [0.2, 0.25) is 0 Å². The van der Waals surface area contributed by atoms with E-state index in [2.05, 4.69) is 18.7 Å². The molecule has 0 nitrogen and oxygen atoms in total. The zero-order valence-corrected chi connectivity index (χ0v) is 18.6. The van der Waals surface area contributed by atoms with Crippen LogP contribution >= 0.6 is 0 Å². The van der Waals surface area contributed by atoms with E-state index in [-0.39, 0.29) is 11.5 Å². The van der Waals surface area contributed by atoms with Gasteiger partial charge in [0, 0.05) is 0 Å². The molecule has 2 aromatic carbocycles. The van der Waals surface area contributed by atoms with Crippen molar-refractivity contribution in [1.82, 2.24) is 0 Å². The average molecular weight is 421 g/mol. The molecule has 0 heterocycles. The van der Waals surface area contributed by atoms with Gasteiger partial charge in [0.25, 0.3) is 0 Å². The maximum Gasteiger partial charge on any atom is 0.134 e. The van der Waals surface area contributed by atoms with E-state index in [1.807, 2.05) is 37.3 Å². The zero-order chi connectivity index (χ0) is 21.8. The molecule has 2 aliphatic rings. The molecule has 2 saturated carbocycles. The lowest BCUT2D eigenvalue weighted by Crippen LogP contribution is -2.30. The second kappa shape index (κ2) is 9.94. The lowest BCUT2D eigenvalue weighted by atomic mass is 9.64. The van der Waals surface area contributed by atoms with Crippen molar-refractivity contribution in [3.63, 3.8) is 0 Å². The highest BCUT2D eigenvalue weighted by Crippen LogP contribution is 2.48. The van der Waals surface area contributed by atoms with Crippen LogP contribution in [-0.4, -0.2) is 0 Å². The summed E-state index contributed by atoms with van der Waals surface area (Å²) in [7, 11) is 0. The Morgan fingerprint density at radius 1 is 0.935 bits per heavy atom. The Balaban J connectivity index is 1.48. The Hall–Kier alpha value is -2.22. The molecule has 0 aliphatic heterocycles. The maximum absolute atomic E-state index is 15.1. The summed E-state index contributed by atoms with van der Waals surface area (Å²) in [6.07, 6.45) is 15.1. The summed E-state index contributed by atoms with van der Waals surface area (Å²) in [5.41, 5.74) is 2.74. The predicted octanol–water partition coefficient (Wildman–Crippen LogP) is 8.63. The quantitative estimate of drug-likeness (QED) is 0.410. The average Bonchev–Trinajstić information content (AvgIpc) is 2.79. The number of hydrogen-bond acceptors (Lipinski definition) is 0. The highest BCUT2D eigenvalue weighted by Gasteiger charge is 2.35. The fourth-order valence-electron chi connectivity index (χ4n) is 5.80. The third-order valence-corrected chi connectivity index (χ3v) is 7.60. The number of hydrogen-bond donors (Lipinski definition) is 0. The molecular formula is C29H34F2. The van der Waals surface area contributed by atoms with Crippen LogP contribution in [0.15, 0.2) is 61.2 Å². The highest BCUT2D eigenvalue weighted by molar-refractivity contribution is 5.65. The van der Waals surface area contributed by atoms with Gasteiger partial charge in [0.05, 0.1) is 5.56 Å². The van der Waals surface area contributed by atoms with Crippen molar-refractivity contribution in [3.05, 3.63) is 84.0 Å². The number of fused-ring (bicyclic) bond motifs is 1. The van der Waals surface area contributed by atoms with Gasteiger partial charge in [-0.05, 0) is 111 Å². The second-order valence-electron chi connectivity index (χ2n) is 9.50. The molecule has 2 fully saturated rings. The van der Waals surface area contributed by atoms with Crippen LogP contribution in [-0.2, 0) is 6.42 Å². The van der Waals surface area contributed by atoms with Gasteiger partial charge in [-0.25, -0.2) is 8.78 Å². The van der Waals surface area contributed by atoms with Crippen LogP contribution in [0.2, 0.25) is 0 Å². The molecule has 4 unspecified atom stereocenters.